The zero-order chi connectivity index (χ0) is 16.5. The smallest absolute Gasteiger partial charge is 0.234 e. The number of rotatable bonds is 8. The largest absolute Gasteiger partial charge is 0.325 e. The van der Waals surface area contributed by atoms with E-state index in [1.54, 1.807) is 11.8 Å². The summed E-state index contributed by atoms with van der Waals surface area (Å²) in [6, 6.07) is 15.8. The summed E-state index contributed by atoms with van der Waals surface area (Å²) >= 11 is 7.67. The monoisotopic (exact) mass is 347 g/mol. The molecule has 1 N–H and O–H groups in total. The van der Waals surface area contributed by atoms with Crippen LogP contribution in [0.4, 0.5) is 5.69 Å². The highest BCUT2D eigenvalue weighted by molar-refractivity contribution is 7.99. The molecule has 0 atom stereocenters. The maximum atomic E-state index is 12.0. The van der Waals surface area contributed by atoms with E-state index in [9.17, 15) is 4.79 Å². The number of hydrogen-bond donors (Lipinski definition) is 1. The SMILES string of the molecule is CCCCc1ccc(NC(=O)CSCc2ccccc2Cl)cc1. The minimum absolute atomic E-state index is 0.0170. The van der Waals surface area contributed by atoms with Gasteiger partial charge in [-0.25, -0.2) is 0 Å². The lowest BCUT2D eigenvalue weighted by molar-refractivity contribution is -0.113. The number of benzene rings is 2. The summed E-state index contributed by atoms with van der Waals surface area (Å²) in [5.74, 6) is 1.18. The first-order chi connectivity index (χ1) is 11.2. The highest BCUT2D eigenvalue weighted by Gasteiger charge is 2.05. The lowest BCUT2D eigenvalue weighted by Gasteiger charge is -2.07. The normalized spacial score (nSPS) is 10.5. The van der Waals surface area contributed by atoms with Crippen LogP contribution in [-0.2, 0) is 17.0 Å². The third-order valence-electron chi connectivity index (χ3n) is 3.51. The molecule has 0 unspecified atom stereocenters. The third-order valence-corrected chi connectivity index (χ3v) is 4.86. The predicted molar refractivity (Wildman–Crippen MR) is 101 cm³/mol. The Kier molecular flexibility index (Phi) is 7.50. The third kappa shape index (κ3) is 6.28. The van der Waals surface area contributed by atoms with Gasteiger partial charge in [0.1, 0.15) is 0 Å². The van der Waals surface area contributed by atoms with Gasteiger partial charge in [-0.1, -0.05) is 55.3 Å². The lowest BCUT2D eigenvalue weighted by atomic mass is 10.1. The molecule has 0 aromatic heterocycles. The maximum absolute atomic E-state index is 12.0. The molecular weight excluding hydrogens is 326 g/mol. The fourth-order valence-corrected chi connectivity index (χ4v) is 3.31. The molecule has 2 aromatic carbocycles. The van der Waals surface area contributed by atoms with Crippen molar-refractivity contribution in [2.45, 2.75) is 31.9 Å². The van der Waals surface area contributed by atoms with Crippen LogP contribution in [0.1, 0.15) is 30.9 Å². The molecule has 0 fully saturated rings. The van der Waals surface area contributed by atoms with Crippen molar-refractivity contribution in [3.05, 3.63) is 64.7 Å². The molecule has 4 heteroatoms. The number of thioether (sulfide) groups is 1. The summed E-state index contributed by atoms with van der Waals surface area (Å²) in [6.07, 6.45) is 3.49. The van der Waals surface area contributed by atoms with E-state index < -0.39 is 0 Å². The number of hydrogen-bond acceptors (Lipinski definition) is 2. The fraction of sp³-hybridized carbons (Fsp3) is 0.316. The topological polar surface area (TPSA) is 29.1 Å². The quantitative estimate of drug-likeness (QED) is 0.677. The molecule has 122 valence electrons. The first kappa shape index (κ1) is 17.9. The summed E-state index contributed by atoms with van der Waals surface area (Å²) < 4.78 is 0. The molecule has 2 rings (SSSR count). The number of unbranched alkanes of at least 4 members (excludes halogenated alkanes) is 1. The van der Waals surface area contributed by atoms with E-state index in [1.165, 1.54) is 18.4 Å². The van der Waals surface area contributed by atoms with E-state index >= 15 is 0 Å². The van der Waals surface area contributed by atoms with Gasteiger partial charge in [0.05, 0.1) is 5.75 Å². The highest BCUT2D eigenvalue weighted by atomic mass is 35.5. The Labute approximate surface area is 147 Å². The van der Waals surface area contributed by atoms with Gasteiger partial charge in [-0.15, -0.1) is 11.8 Å². The molecular formula is C19H22ClNOS. The average molecular weight is 348 g/mol. The summed E-state index contributed by atoms with van der Waals surface area (Å²) in [4.78, 5) is 12.0. The molecule has 0 bridgehead atoms. The highest BCUT2D eigenvalue weighted by Crippen LogP contribution is 2.21. The van der Waals surface area contributed by atoms with Gasteiger partial charge >= 0.3 is 0 Å². The zero-order valence-electron chi connectivity index (χ0n) is 13.3. The second-order valence-corrected chi connectivity index (χ2v) is 6.83. The summed E-state index contributed by atoms with van der Waals surface area (Å²) in [5.41, 5.74) is 3.23. The Bertz CT molecular complexity index is 628. The van der Waals surface area contributed by atoms with Crippen LogP contribution >= 0.6 is 23.4 Å². The van der Waals surface area contributed by atoms with Crippen LogP contribution in [-0.4, -0.2) is 11.7 Å². The molecule has 0 aliphatic heterocycles. The number of anilines is 1. The van der Waals surface area contributed by atoms with Crippen LogP contribution in [0.3, 0.4) is 0 Å². The molecule has 23 heavy (non-hydrogen) atoms. The summed E-state index contributed by atoms with van der Waals surface area (Å²) in [5, 5.41) is 3.69. The molecule has 2 nitrogen and oxygen atoms in total. The van der Waals surface area contributed by atoms with Crippen molar-refractivity contribution in [1.82, 2.24) is 0 Å². The van der Waals surface area contributed by atoms with Gasteiger partial charge in [0.2, 0.25) is 5.91 Å². The van der Waals surface area contributed by atoms with Gasteiger partial charge in [-0.2, -0.15) is 0 Å². The van der Waals surface area contributed by atoms with E-state index in [2.05, 4.69) is 24.4 Å². The molecule has 0 saturated carbocycles. The minimum Gasteiger partial charge on any atom is -0.325 e. The standard InChI is InChI=1S/C19H22ClNOS/c1-2-3-6-15-9-11-17(12-10-15)21-19(22)14-23-13-16-7-4-5-8-18(16)20/h4-5,7-12H,2-3,6,13-14H2,1H3,(H,21,22). The van der Waals surface area contributed by atoms with Crippen molar-refractivity contribution in [3.63, 3.8) is 0 Å². The van der Waals surface area contributed by atoms with Crippen LogP contribution in [0, 0.1) is 0 Å². The Morgan fingerprint density at radius 2 is 1.87 bits per heavy atom. The van der Waals surface area contributed by atoms with Crippen molar-refractivity contribution < 1.29 is 4.79 Å². The zero-order valence-corrected chi connectivity index (χ0v) is 14.9. The second-order valence-electron chi connectivity index (χ2n) is 5.43. The average Bonchev–Trinajstić information content (AvgIpc) is 2.56. The van der Waals surface area contributed by atoms with Gasteiger partial charge in [0.15, 0.2) is 0 Å². The van der Waals surface area contributed by atoms with Crippen molar-refractivity contribution in [3.8, 4) is 0 Å². The van der Waals surface area contributed by atoms with E-state index in [4.69, 9.17) is 11.6 Å². The summed E-state index contributed by atoms with van der Waals surface area (Å²) in [7, 11) is 0. The number of aryl methyl sites for hydroxylation is 1. The molecule has 0 aliphatic rings. The van der Waals surface area contributed by atoms with Crippen LogP contribution in [0.5, 0.6) is 0 Å². The first-order valence-corrected chi connectivity index (χ1v) is 9.42. The van der Waals surface area contributed by atoms with Crippen molar-refractivity contribution >= 4 is 35.0 Å². The number of carbonyl (C=O) groups excluding carboxylic acids is 1. The second kappa shape index (κ2) is 9.64. The Balaban J connectivity index is 1.75. The minimum atomic E-state index is 0.0170. The molecule has 0 heterocycles. The van der Waals surface area contributed by atoms with Gasteiger partial charge < -0.3 is 5.32 Å². The van der Waals surface area contributed by atoms with Crippen LogP contribution in [0.2, 0.25) is 5.02 Å². The number of carbonyl (C=O) groups is 1. The van der Waals surface area contributed by atoms with E-state index in [0.29, 0.717) is 5.75 Å². The first-order valence-electron chi connectivity index (χ1n) is 7.89. The van der Waals surface area contributed by atoms with E-state index in [1.807, 2.05) is 36.4 Å². The number of amides is 1. The van der Waals surface area contributed by atoms with Crippen molar-refractivity contribution in [1.29, 1.82) is 0 Å². The van der Waals surface area contributed by atoms with Gasteiger partial charge in [0.25, 0.3) is 0 Å². The van der Waals surface area contributed by atoms with Crippen molar-refractivity contribution in [2.24, 2.45) is 0 Å². The van der Waals surface area contributed by atoms with Crippen LogP contribution < -0.4 is 5.32 Å². The lowest BCUT2D eigenvalue weighted by Crippen LogP contribution is -2.14. The molecule has 0 spiro atoms. The van der Waals surface area contributed by atoms with Gasteiger partial charge in [-0.05, 0) is 42.2 Å². The Morgan fingerprint density at radius 1 is 1.13 bits per heavy atom. The summed E-state index contributed by atoms with van der Waals surface area (Å²) in [6.45, 7) is 2.19. The van der Waals surface area contributed by atoms with Gasteiger partial charge in [0, 0.05) is 16.5 Å². The van der Waals surface area contributed by atoms with Crippen LogP contribution in [0.25, 0.3) is 0 Å². The van der Waals surface area contributed by atoms with E-state index in [0.717, 1.165) is 28.4 Å². The predicted octanol–water partition coefficient (Wildman–Crippen LogP) is 5.55. The molecule has 0 aliphatic carbocycles. The maximum Gasteiger partial charge on any atom is 0.234 e. The Hall–Kier alpha value is -1.45. The number of nitrogens with one attached hydrogen (secondary N) is 1. The van der Waals surface area contributed by atoms with Crippen LogP contribution in [0.15, 0.2) is 48.5 Å². The molecule has 0 saturated heterocycles. The van der Waals surface area contributed by atoms with E-state index in [-0.39, 0.29) is 5.91 Å². The molecule has 2 aromatic rings. The Morgan fingerprint density at radius 3 is 2.57 bits per heavy atom. The van der Waals surface area contributed by atoms with Gasteiger partial charge in [-0.3, -0.25) is 4.79 Å². The molecule has 0 radical (unpaired) electrons. The number of halogens is 1. The fourth-order valence-electron chi connectivity index (χ4n) is 2.20. The molecule has 1 amide bonds. The van der Waals surface area contributed by atoms with Crippen molar-refractivity contribution in [2.75, 3.05) is 11.1 Å².